The number of anilines is 2. The van der Waals surface area contributed by atoms with Crippen molar-refractivity contribution < 1.29 is 4.79 Å². The van der Waals surface area contributed by atoms with Crippen molar-refractivity contribution in [1.82, 2.24) is 19.9 Å². The molecule has 2 fully saturated rings. The topological polar surface area (TPSA) is 88.2 Å². The van der Waals surface area contributed by atoms with Gasteiger partial charge in [0.05, 0.1) is 11.3 Å². The molecule has 2 N–H and O–H groups in total. The van der Waals surface area contributed by atoms with E-state index in [-0.39, 0.29) is 5.92 Å². The summed E-state index contributed by atoms with van der Waals surface area (Å²) in [4.78, 5) is 29.6. The van der Waals surface area contributed by atoms with E-state index in [1.807, 2.05) is 11.0 Å². The molecule has 0 saturated carbocycles. The number of hydrogen-bond acceptors (Lipinski definition) is 6. The van der Waals surface area contributed by atoms with Gasteiger partial charge in [-0.05, 0) is 31.4 Å². The maximum absolute atomic E-state index is 12.6. The Bertz CT molecular complexity index is 742. The Balaban J connectivity index is 1.57. The Morgan fingerprint density at radius 3 is 2.83 bits per heavy atom. The van der Waals surface area contributed by atoms with Gasteiger partial charge >= 0.3 is 0 Å². The Hall–Kier alpha value is -2.44. The quantitative estimate of drug-likeness (QED) is 0.892. The van der Waals surface area contributed by atoms with E-state index >= 15 is 0 Å². The van der Waals surface area contributed by atoms with Crippen LogP contribution in [0.15, 0.2) is 18.5 Å². The highest BCUT2D eigenvalue weighted by molar-refractivity contribution is 5.88. The zero-order chi connectivity index (χ0) is 15.8. The van der Waals surface area contributed by atoms with Gasteiger partial charge in [0.15, 0.2) is 5.65 Å². The van der Waals surface area contributed by atoms with Crippen LogP contribution < -0.4 is 10.6 Å². The Morgan fingerprint density at radius 1 is 1.17 bits per heavy atom. The van der Waals surface area contributed by atoms with Crippen molar-refractivity contribution in [2.75, 3.05) is 36.8 Å². The normalized spacial score (nSPS) is 21.3. The molecule has 1 amide bonds. The van der Waals surface area contributed by atoms with Crippen LogP contribution >= 0.6 is 0 Å². The third-order valence-electron chi connectivity index (χ3n) is 4.75. The SMILES string of the molecule is Nc1ccc2c(N3CCC(C(=O)N4CCCC4)C3)ncnc2n1. The standard InChI is InChI=1S/C16H20N6O/c17-13-4-3-12-14(20-13)18-10-19-15(12)22-8-5-11(9-22)16(23)21-6-1-2-7-21/h3-4,10-11H,1-2,5-9H2,(H2,17,18,19,20). The summed E-state index contributed by atoms with van der Waals surface area (Å²) in [6.07, 6.45) is 4.65. The smallest absolute Gasteiger partial charge is 0.227 e. The van der Waals surface area contributed by atoms with Crippen LogP contribution in [0.2, 0.25) is 0 Å². The molecule has 0 bridgehead atoms. The molecule has 4 rings (SSSR count). The third kappa shape index (κ3) is 2.56. The predicted octanol–water partition coefficient (Wildman–Crippen LogP) is 1.06. The first kappa shape index (κ1) is 14.2. The second-order valence-electron chi connectivity index (χ2n) is 6.27. The van der Waals surface area contributed by atoms with Crippen LogP contribution in [0.3, 0.4) is 0 Å². The minimum absolute atomic E-state index is 0.0693. The van der Waals surface area contributed by atoms with Gasteiger partial charge in [-0.3, -0.25) is 4.79 Å². The van der Waals surface area contributed by atoms with Gasteiger partial charge in [0.25, 0.3) is 0 Å². The van der Waals surface area contributed by atoms with Gasteiger partial charge in [0.1, 0.15) is 18.0 Å². The van der Waals surface area contributed by atoms with E-state index in [1.54, 1.807) is 6.07 Å². The van der Waals surface area contributed by atoms with Gasteiger partial charge in [-0.25, -0.2) is 15.0 Å². The summed E-state index contributed by atoms with van der Waals surface area (Å²) >= 11 is 0. The van der Waals surface area contributed by atoms with Crippen molar-refractivity contribution in [3.63, 3.8) is 0 Å². The van der Waals surface area contributed by atoms with Crippen LogP contribution in [0, 0.1) is 5.92 Å². The van der Waals surface area contributed by atoms with E-state index in [4.69, 9.17) is 5.73 Å². The molecule has 0 aromatic carbocycles. The molecule has 120 valence electrons. The van der Waals surface area contributed by atoms with Gasteiger partial charge in [-0.15, -0.1) is 0 Å². The van der Waals surface area contributed by atoms with Gasteiger partial charge in [0, 0.05) is 26.2 Å². The number of nitrogens with zero attached hydrogens (tertiary/aromatic N) is 5. The minimum atomic E-state index is 0.0693. The molecule has 23 heavy (non-hydrogen) atoms. The van der Waals surface area contributed by atoms with Crippen LogP contribution in [0.4, 0.5) is 11.6 Å². The number of pyridine rings is 1. The molecule has 2 aromatic heterocycles. The molecule has 7 heteroatoms. The number of likely N-dealkylation sites (tertiary alicyclic amines) is 1. The van der Waals surface area contributed by atoms with E-state index in [0.29, 0.717) is 23.9 Å². The van der Waals surface area contributed by atoms with Crippen molar-refractivity contribution in [2.45, 2.75) is 19.3 Å². The van der Waals surface area contributed by atoms with Crippen molar-refractivity contribution in [3.05, 3.63) is 18.5 Å². The Morgan fingerprint density at radius 2 is 2.00 bits per heavy atom. The number of nitrogens with two attached hydrogens (primary N) is 1. The van der Waals surface area contributed by atoms with Gasteiger partial charge in [-0.1, -0.05) is 0 Å². The summed E-state index contributed by atoms with van der Waals surface area (Å²) in [5.74, 6) is 1.66. The average Bonchev–Trinajstić information content (AvgIpc) is 3.25. The summed E-state index contributed by atoms with van der Waals surface area (Å²) < 4.78 is 0. The number of aromatic nitrogens is 3. The molecule has 2 aromatic rings. The second kappa shape index (κ2) is 5.64. The molecule has 0 aliphatic carbocycles. The van der Waals surface area contributed by atoms with Crippen LogP contribution in [-0.2, 0) is 4.79 Å². The lowest BCUT2D eigenvalue weighted by atomic mass is 10.1. The fourth-order valence-corrected chi connectivity index (χ4v) is 3.55. The lowest BCUT2D eigenvalue weighted by Gasteiger charge is -2.21. The van der Waals surface area contributed by atoms with Gasteiger partial charge in [0.2, 0.25) is 5.91 Å². The summed E-state index contributed by atoms with van der Waals surface area (Å²) in [5.41, 5.74) is 6.32. The number of carbonyl (C=O) groups excluding carboxylic acids is 1. The molecular formula is C16H20N6O. The zero-order valence-electron chi connectivity index (χ0n) is 13.0. The predicted molar refractivity (Wildman–Crippen MR) is 87.9 cm³/mol. The lowest BCUT2D eigenvalue weighted by Crippen LogP contribution is -2.35. The highest BCUT2D eigenvalue weighted by Gasteiger charge is 2.33. The Labute approximate surface area is 134 Å². The molecule has 4 heterocycles. The van der Waals surface area contributed by atoms with Crippen molar-refractivity contribution in [3.8, 4) is 0 Å². The van der Waals surface area contributed by atoms with Gasteiger partial charge in [-0.2, -0.15) is 0 Å². The zero-order valence-corrected chi connectivity index (χ0v) is 13.0. The maximum atomic E-state index is 12.6. The molecule has 2 aliphatic rings. The van der Waals surface area contributed by atoms with E-state index in [0.717, 1.165) is 50.1 Å². The molecule has 0 spiro atoms. The van der Waals surface area contributed by atoms with Crippen molar-refractivity contribution in [1.29, 1.82) is 0 Å². The first-order chi connectivity index (χ1) is 11.2. The molecular weight excluding hydrogens is 292 g/mol. The third-order valence-corrected chi connectivity index (χ3v) is 4.75. The van der Waals surface area contributed by atoms with E-state index in [9.17, 15) is 4.79 Å². The van der Waals surface area contributed by atoms with Crippen LogP contribution in [0.25, 0.3) is 11.0 Å². The monoisotopic (exact) mass is 312 g/mol. The summed E-state index contributed by atoms with van der Waals surface area (Å²) in [5, 5.41) is 0.885. The fraction of sp³-hybridized carbons (Fsp3) is 0.500. The minimum Gasteiger partial charge on any atom is -0.384 e. The highest BCUT2D eigenvalue weighted by atomic mass is 16.2. The summed E-state index contributed by atoms with van der Waals surface area (Å²) in [7, 11) is 0. The first-order valence-electron chi connectivity index (χ1n) is 8.13. The van der Waals surface area contributed by atoms with Crippen LogP contribution in [0.5, 0.6) is 0 Å². The average molecular weight is 312 g/mol. The molecule has 7 nitrogen and oxygen atoms in total. The number of carbonyl (C=O) groups is 1. The Kier molecular flexibility index (Phi) is 3.48. The summed E-state index contributed by atoms with van der Waals surface area (Å²) in [6, 6.07) is 3.67. The van der Waals surface area contributed by atoms with Gasteiger partial charge < -0.3 is 15.5 Å². The number of nitrogen functional groups attached to an aromatic ring is 1. The lowest BCUT2D eigenvalue weighted by molar-refractivity contribution is -0.133. The number of fused-ring (bicyclic) bond motifs is 1. The molecule has 1 unspecified atom stereocenters. The van der Waals surface area contributed by atoms with E-state index in [2.05, 4.69) is 19.9 Å². The summed E-state index contributed by atoms with van der Waals surface area (Å²) in [6.45, 7) is 3.37. The molecule has 2 saturated heterocycles. The number of amides is 1. The van der Waals surface area contributed by atoms with E-state index in [1.165, 1.54) is 6.33 Å². The van der Waals surface area contributed by atoms with Crippen molar-refractivity contribution in [2.24, 2.45) is 5.92 Å². The molecule has 2 aliphatic heterocycles. The van der Waals surface area contributed by atoms with Crippen LogP contribution in [-0.4, -0.2) is 51.9 Å². The first-order valence-corrected chi connectivity index (χ1v) is 8.13. The van der Waals surface area contributed by atoms with Crippen LogP contribution in [0.1, 0.15) is 19.3 Å². The molecule has 0 radical (unpaired) electrons. The maximum Gasteiger partial charge on any atom is 0.227 e. The fourth-order valence-electron chi connectivity index (χ4n) is 3.55. The highest BCUT2D eigenvalue weighted by Crippen LogP contribution is 2.29. The number of rotatable bonds is 2. The van der Waals surface area contributed by atoms with Crippen molar-refractivity contribution >= 4 is 28.6 Å². The largest absolute Gasteiger partial charge is 0.384 e. The molecule has 1 atom stereocenters. The number of hydrogen-bond donors (Lipinski definition) is 1. The second-order valence-corrected chi connectivity index (χ2v) is 6.27. The van der Waals surface area contributed by atoms with E-state index < -0.39 is 0 Å².